The van der Waals surface area contributed by atoms with Gasteiger partial charge in [-0.15, -0.1) is 0 Å². The number of unbranched alkanes of at least 4 members (excludes halogenated alkanes) is 3. The zero-order valence-corrected chi connectivity index (χ0v) is 29.4. The number of hydrogen-bond acceptors (Lipinski definition) is 12. The van der Waals surface area contributed by atoms with Gasteiger partial charge in [-0.1, -0.05) is 64.2 Å². The molecule has 1 amide bonds. The van der Waals surface area contributed by atoms with Crippen molar-refractivity contribution in [2.45, 2.75) is 88.7 Å². The van der Waals surface area contributed by atoms with Crippen molar-refractivity contribution in [2.24, 2.45) is 22.6 Å². The summed E-state index contributed by atoms with van der Waals surface area (Å²) in [6.45, 7) is 5.08. The summed E-state index contributed by atoms with van der Waals surface area (Å²) in [6.07, 6.45) is 1.09. The fourth-order valence-corrected chi connectivity index (χ4v) is 6.92. The van der Waals surface area contributed by atoms with Gasteiger partial charge in [-0.05, 0) is 60.2 Å². The second-order valence-electron chi connectivity index (χ2n) is 13.8. The average molecular weight is 724 g/mol. The molecule has 8 unspecified atom stereocenters. The Morgan fingerprint density at radius 1 is 1.12 bits per heavy atom. The molecule has 0 aromatic heterocycles. The van der Waals surface area contributed by atoms with E-state index in [0.717, 1.165) is 37.7 Å². The third-order valence-corrected chi connectivity index (χ3v) is 10.1. The van der Waals surface area contributed by atoms with Crippen LogP contribution < -0.4 is 20.5 Å². The number of ether oxygens (including phenoxy) is 3. The van der Waals surface area contributed by atoms with Gasteiger partial charge < -0.3 is 55.9 Å². The summed E-state index contributed by atoms with van der Waals surface area (Å²) >= 11 is 0. The van der Waals surface area contributed by atoms with Gasteiger partial charge in [0.15, 0.2) is 11.7 Å². The third-order valence-electron chi connectivity index (χ3n) is 10.1. The monoisotopic (exact) mass is 723 g/mol. The molecule has 3 heterocycles. The first-order valence-electron chi connectivity index (χ1n) is 17.7. The Balaban J connectivity index is 1.38. The van der Waals surface area contributed by atoms with Crippen molar-refractivity contribution in [3.05, 3.63) is 65.2 Å². The van der Waals surface area contributed by atoms with Crippen molar-refractivity contribution in [2.75, 3.05) is 19.6 Å². The van der Waals surface area contributed by atoms with Crippen molar-refractivity contribution in [3.63, 3.8) is 0 Å². The number of aliphatic imine (C=N–C) groups is 1. The highest BCUT2D eigenvalue weighted by molar-refractivity contribution is 6.03. The van der Waals surface area contributed by atoms with Crippen LogP contribution in [0.1, 0.15) is 63.5 Å². The van der Waals surface area contributed by atoms with E-state index in [1.54, 1.807) is 0 Å². The van der Waals surface area contributed by atoms with E-state index in [1.807, 2.05) is 6.21 Å². The summed E-state index contributed by atoms with van der Waals surface area (Å²) in [4.78, 5) is 28.8. The van der Waals surface area contributed by atoms with Crippen LogP contribution in [0.5, 0.6) is 17.2 Å². The number of aliphatic hydroxyl groups excluding tert-OH is 3. The number of aliphatic hydroxyl groups is 4. The van der Waals surface area contributed by atoms with E-state index in [2.05, 4.69) is 30.2 Å². The first-order valence-corrected chi connectivity index (χ1v) is 17.7. The second-order valence-corrected chi connectivity index (χ2v) is 13.8. The number of primary amides is 1. The molecule has 9 N–H and O–H groups in total. The summed E-state index contributed by atoms with van der Waals surface area (Å²) in [7, 11) is 0. The van der Waals surface area contributed by atoms with Crippen molar-refractivity contribution in [1.82, 2.24) is 5.32 Å². The highest BCUT2D eigenvalue weighted by atomic mass is 16.7. The number of hydrogen-bond donors (Lipinski definition) is 8. The molecule has 1 saturated heterocycles. The zero-order valence-electron chi connectivity index (χ0n) is 29.4. The van der Waals surface area contributed by atoms with E-state index in [9.17, 15) is 40.2 Å². The molecule has 14 nitrogen and oxygen atoms in total. The number of nitrogens with one attached hydrogen (secondary N) is 1. The number of carbonyl (C=O) groups is 2. The molecule has 282 valence electrons. The van der Waals surface area contributed by atoms with Gasteiger partial charge in [0.2, 0.25) is 12.4 Å². The van der Waals surface area contributed by atoms with Gasteiger partial charge >= 0.3 is 5.97 Å². The highest BCUT2D eigenvalue weighted by Crippen LogP contribution is 2.42. The molecule has 5 rings (SSSR count). The minimum atomic E-state index is -2.34. The topological polar surface area (TPSA) is 234 Å². The van der Waals surface area contributed by atoms with E-state index in [0.29, 0.717) is 24.6 Å². The molecule has 2 aromatic rings. The van der Waals surface area contributed by atoms with Gasteiger partial charge in [-0.3, -0.25) is 9.79 Å². The van der Waals surface area contributed by atoms with E-state index in [4.69, 9.17) is 19.9 Å². The lowest BCUT2D eigenvalue weighted by Crippen LogP contribution is -2.71. The second kappa shape index (κ2) is 16.9. The fourth-order valence-electron chi connectivity index (χ4n) is 6.92. The van der Waals surface area contributed by atoms with Gasteiger partial charge in [0, 0.05) is 18.8 Å². The molecular formula is C38H49N3O11. The molecule has 8 atom stereocenters. The molecular weight excluding hydrogens is 674 g/mol. The van der Waals surface area contributed by atoms with Crippen LogP contribution in [0.15, 0.2) is 59.1 Å². The summed E-state index contributed by atoms with van der Waals surface area (Å²) < 4.78 is 17.5. The van der Waals surface area contributed by atoms with Gasteiger partial charge in [0.05, 0.1) is 17.7 Å². The highest BCUT2D eigenvalue weighted by Gasteiger charge is 2.58. The summed E-state index contributed by atoms with van der Waals surface area (Å²) in [5.74, 6) is -2.42. The number of aliphatic carboxylic acids is 1. The number of carbonyl (C=O) groups excluding carboxylic acids is 1. The van der Waals surface area contributed by atoms with Crippen molar-refractivity contribution >= 4 is 29.4 Å². The number of fused-ring (bicyclic) bond motifs is 1. The Hall–Kier alpha value is -4.47. The number of rotatable bonds is 17. The van der Waals surface area contributed by atoms with Crippen LogP contribution in [0.25, 0.3) is 11.3 Å². The number of amides is 1. The largest absolute Gasteiger partial charge is 0.508 e. The van der Waals surface area contributed by atoms with Gasteiger partial charge in [-0.25, -0.2) is 4.79 Å². The maximum Gasteiger partial charge on any atom is 0.335 e. The van der Waals surface area contributed by atoms with E-state index in [1.165, 1.54) is 48.9 Å². The first kappa shape index (κ1) is 38.8. The van der Waals surface area contributed by atoms with Gasteiger partial charge in [-0.2, -0.15) is 0 Å². The first-order chi connectivity index (χ1) is 24.8. The maximum absolute atomic E-state index is 12.5. The van der Waals surface area contributed by atoms with E-state index < -0.39 is 48.2 Å². The molecule has 0 aliphatic carbocycles. The zero-order chi connectivity index (χ0) is 37.6. The molecule has 52 heavy (non-hydrogen) atoms. The van der Waals surface area contributed by atoms with Gasteiger partial charge in [0.1, 0.15) is 35.2 Å². The summed E-state index contributed by atoms with van der Waals surface area (Å²) in [5.41, 5.74) is 5.06. The minimum absolute atomic E-state index is 0.0188. The van der Waals surface area contributed by atoms with E-state index in [-0.39, 0.29) is 46.6 Å². The Kier molecular flexibility index (Phi) is 12.6. The standard InChI is InChI=1S/C38H49N3O11/c1-3-4-5-6-7-21(2)24(16-22-14-15-40-18-22)19-41-20-38(49)34(45)31(44)33(36(47)48)52-37(38)50-26-12-13-27-28(17-26)51-32(35(39)46)29(30(27)43)23-8-10-25(42)11-9-23/h8-14,17-18,21,24,31-34,37,41-45,49H,3-7,15-16,19-20H2,1-2H3,(H2,39,46)(H,47,48). The SMILES string of the molecule is CCCCCCC(C)C(CNCC1(O)C(Oc2ccc3c(c2)OC(C(N)=O)C(c2ccc(O)cc2)=C3O)OC(C(=O)O)C(O)C1O)CC1=CCN=C1. The lowest BCUT2D eigenvalue weighted by Gasteiger charge is -2.47. The number of phenolic OH excluding ortho intramolecular Hbond substituents is 1. The number of carboxylic acid groups (broad SMARTS) is 1. The molecule has 2 aromatic carbocycles. The lowest BCUT2D eigenvalue weighted by atomic mass is 9.83. The van der Waals surface area contributed by atoms with Crippen molar-refractivity contribution in [3.8, 4) is 17.2 Å². The predicted octanol–water partition coefficient (Wildman–Crippen LogP) is 2.92. The van der Waals surface area contributed by atoms with Crippen LogP contribution in [0.3, 0.4) is 0 Å². The van der Waals surface area contributed by atoms with Crippen LogP contribution in [0.4, 0.5) is 0 Å². The normalized spacial score (nSPS) is 26.6. The Labute approximate surface area is 302 Å². The number of nitrogens with zero attached hydrogens (tertiary/aromatic N) is 1. The molecule has 0 spiro atoms. The van der Waals surface area contributed by atoms with Gasteiger partial charge in [0.25, 0.3) is 5.91 Å². The molecule has 14 heteroatoms. The molecule has 0 saturated carbocycles. The van der Waals surface area contributed by atoms with Crippen LogP contribution in [0.2, 0.25) is 0 Å². The van der Waals surface area contributed by atoms with Crippen LogP contribution in [0, 0.1) is 11.8 Å². The minimum Gasteiger partial charge on any atom is -0.508 e. The molecule has 0 bridgehead atoms. The molecule has 3 aliphatic heterocycles. The van der Waals surface area contributed by atoms with Crippen molar-refractivity contribution < 1.29 is 54.4 Å². The molecule has 0 radical (unpaired) electrons. The molecule has 1 fully saturated rings. The number of carboxylic acids is 1. The number of nitrogens with two attached hydrogens (primary N) is 1. The van der Waals surface area contributed by atoms with E-state index >= 15 is 0 Å². The Bertz CT molecular complexity index is 1680. The lowest BCUT2D eigenvalue weighted by molar-refractivity contribution is -0.311. The Morgan fingerprint density at radius 3 is 2.52 bits per heavy atom. The number of aromatic hydroxyl groups is 1. The smallest absolute Gasteiger partial charge is 0.335 e. The third kappa shape index (κ3) is 8.59. The molecule has 3 aliphatic rings. The van der Waals surface area contributed by atoms with Crippen molar-refractivity contribution in [1.29, 1.82) is 0 Å². The van der Waals surface area contributed by atoms with Crippen LogP contribution in [-0.4, -0.2) is 105 Å². The maximum atomic E-state index is 12.5. The predicted molar refractivity (Wildman–Crippen MR) is 192 cm³/mol. The summed E-state index contributed by atoms with van der Waals surface area (Å²) in [5, 5.41) is 67.8. The average Bonchev–Trinajstić information content (AvgIpc) is 3.63. The number of benzene rings is 2. The quantitative estimate of drug-likeness (QED) is 0.110. The summed E-state index contributed by atoms with van der Waals surface area (Å²) in [6, 6.07) is 9.87. The number of allylic oxidation sites excluding steroid dienone is 1. The fraction of sp³-hybridized carbons (Fsp3) is 0.500. The van der Waals surface area contributed by atoms with Crippen LogP contribution >= 0.6 is 0 Å². The van der Waals surface area contributed by atoms with Crippen LogP contribution in [-0.2, 0) is 14.3 Å². The Morgan fingerprint density at radius 2 is 1.87 bits per heavy atom. The number of phenols is 1.